The molecule has 2 rings (SSSR count). The van der Waals surface area contributed by atoms with E-state index in [1.165, 1.54) is 31.1 Å². The lowest BCUT2D eigenvalue weighted by atomic mass is 10.2. The molecule has 1 saturated heterocycles. The minimum absolute atomic E-state index is 0.0795. The predicted octanol–water partition coefficient (Wildman–Crippen LogP) is 1.99. The first-order valence-electron chi connectivity index (χ1n) is 6.23. The van der Waals surface area contributed by atoms with Crippen LogP contribution in [0.3, 0.4) is 0 Å². The molecule has 112 valence electrons. The van der Waals surface area contributed by atoms with E-state index in [9.17, 15) is 19.7 Å². The van der Waals surface area contributed by atoms with E-state index in [4.69, 9.17) is 4.74 Å². The van der Waals surface area contributed by atoms with Crippen LogP contribution in [0, 0.1) is 10.1 Å². The highest BCUT2D eigenvalue weighted by molar-refractivity contribution is 8.14. The second-order valence-electron chi connectivity index (χ2n) is 4.53. The zero-order valence-electron chi connectivity index (χ0n) is 11.6. The van der Waals surface area contributed by atoms with Gasteiger partial charge >= 0.3 is 0 Å². The van der Waals surface area contributed by atoms with Gasteiger partial charge in [0.1, 0.15) is 5.75 Å². The average molecular weight is 310 g/mol. The number of amides is 1. The second-order valence-corrected chi connectivity index (χ2v) is 6.00. The number of ether oxygens (including phenoxy) is 1. The van der Waals surface area contributed by atoms with E-state index >= 15 is 0 Å². The lowest BCUT2D eigenvalue weighted by Gasteiger charge is -2.19. The molecule has 1 atom stereocenters. The zero-order valence-corrected chi connectivity index (χ0v) is 12.4. The summed E-state index contributed by atoms with van der Waals surface area (Å²) in [6.07, 6.45) is 0.180. The summed E-state index contributed by atoms with van der Waals surface area (Å²) >= 11 is 1.08. The number of nitro benzene ring substituents is 1. The summed E-state index contributed by atoms with van der Waals surface area (Å²) < 4.78 is 5.14. The van der Waals surface area contributed by atoms with E-state index in [2.05, 4.69) is 0 Å². The number of methoxy groups -OCH3 is 1. The van der Waals surface area contributed by atoms with Crippen molar-refractivity contribution in [1.29, 1.82) is 0 Å². The number of rotatable bonds is 4. The van der Waals surface area contributed by atoms with E-state index in [1.807, 2.05) is 0 Å². The Bertz CT molecular complexity index is 604. The maximum Gasteiger partial charge on any atom is 0.296 e. The first kappa shape index (κ1) is 15.3. The molecule has 0 spiro atoms. The number of nitrogens with zero attached hydrogens (tertiary/aromatic N) is 2. The fourth-order valence-electron chi connectivity index (χ4n) is 2.30. The van der Waals surface area contributed by atoms with Crippen molar-refractivity contribution in [3.8, 4) is 5.75 Å². The largest absolute Gasteiger partial charge is 0.494 e. The Morgan fingerprint density at radius 3 is 2.81 bits per heavy atom. The van der Waals surface area contributed by atoms with Gasteiger partial charge in [0.25, 0.3) is 5.69 Å². The first-order valence-corrected chi connectivity index (χ1v) is 7.11. The Balaban J connectivity index is 2.39. The number of nitro groups is 1. The van der Waals surface area contributed by atoms with Crippen LogP contribution in [0.5, 0.6) is 5.75 Å². The highest BCUT2D eigenvalue weighted by Crippen LogP contribution is 2.40. The molecule has 1 aliphatic heterocycles. The summed E-state index contributed by atoms with van der Waals surface area (Å²) in [7, 11) is 1.39. The SMILES string of the molecule is COc1cccc([N+](=O)[O-])c1N1CC(SC(C)=O)CC1=O. The van der Waals surface area contributed by atoms with E-state index in [-0.39, 0.29) is 46.4 Å². The molecule has 1 aromatic carbocycles. The third-order valence-corrected chi connectivity index (χ3v) is 4.07. The van der Waals surface area contributed by atoms with Crippen molar-refractivity contribution in [1.82, 2.24) is 0 Å². The summed E-state index contributed by atoms with van der Waals surface area (Å²) in [5.74, 6) is 0.0207. The van der Waals surface area contributed by atoms with Crippen molar-refractivity contribution < 1.29 is 19.2 Å². The Kier molecular flexibility index (Phi) is 4.46. The number of benzene rings is 1. The maximum atomic E-state index is 12.1. The fourth-order valence-corrected chi connectivity index (χ4v) is 3.22. The number of thioether (sulfide) groups is 1. The van der Waals surface area contributed by atoms with Gasteiger partial charge < -0.3 is 9.64 Å². The molecule has 1 heterocycles. The molecular weight excluding hydrogens is 296 g/mol. The molecule has 1 amide bonds. The molecule has 0 N–H and O–H groups in total. The van der Waals surface area contributed by atoms with Gasteiger partial charge in [-0.25, -0.2) is 0 Å². The number of carbonyl (C=O) groups is 2. The van der Waals surface area contributed by atoms with Crippen molar-refractivity contribution in [2.24, 2.45) is 0 Å². The van der Waals surface area contributed by atoms with Gasteiger partial charge in [-0.1, -0.05) is 17.8 Å². The van der Waals surface area contributed by atoms with Gasteiger partial charge in [-0.15, -0.1) is 0 Å². The molecule has 0 radical (unpaired) electrons. The first-order chi connectivity index (χ1) is 9.93. The van der Waals surface area contributed by atoms with Crippen molar-refractivity contribution in [2.45, 2.75) is 18.6 Å². The van der Waals surface area contributed by atoms with Crippen molar-refractivity contribution in [3.63, 3.8) is 0 Å². The Morgan fingerprint density at radius 2 is 2.24 bits per heavy atom. The summed E-state index contributed by atoms with van der Waals surface area (Å²) in [5.41, 5.74) is -0.0298. The van der Waals surface area contributed by atoms with Gasteiger partial charge in [0, 0.05) is 31.2 Å². The number of anilines is 1. The Labute approximate surface area is 125 Å². The van der Waals surface area contributed by atoms with Crippen LogP contribution in [-0.2, 0) is 9.59 Å². The number of hydrogen-bond acceptors (Lipinski definition) is 6. The molecule has 0 aliphatic carbocycles. The molecule has 0 aromatic heterocycles. The topological polar surface area (TPSA) is 89.8 Å². The lowest BCUT2D eigenvalue weighted by molar-refractivity contribution is -0.384. The third kappa shape index (κ3) is 3.15. The van der Waals surface area contributed by atoms with E-state index in [1.54, 1.807) is 6.07 Å². The summed E-state index contributed by atoms with van der Waals surface area (Å²) in [4.78, 5) is 35.2. The highest BCUT2D eigenvalue weighted by Gasteiger charge is 2.37. The van der Waals surface area contributed by atoms with E-state index in [0.717, 1.165) is 11.8 Å². The fraction of sp³-hybridized carbons (Fsp3) is 0.385. The molecule has 7 nitrogen and oxygen atoms in total. The second kappa shape index (κ2) is 6.13. The van der Waals surface area contributed by atoms with Crippen LogP contribution in [-0.4, -0.2) is 34.9 Å². The van der Waals surface area contributed by atoms with Crippen molar-refractivity contribution in [2.75, 3.05) is 18.6 Å². The summed E-state index contributed by atoms with van der Waals surface area (Å²) in [6, 6.07) is 4.40. The minimum atomic E-state index is -0.545. The zero-order chi connectivity index (χ0) is 15.6. The number of hydrogen-bond donors (Lipinski definition) is 0. The van der Waals surface area contributed by atoms with Gasteiger partial charge in [0.05, 0.1) is 12.0 Å². The number of para-hydroxylation sites is 1. The molecule has 0 bridgehead atoms. The number of carbonyl (C=O) groups excluding carboxylic acids is 2. The van der Waals surface area contributed by atoms with Gasteiger partial charge in [-0.3, -0.25) is 19.7 Å². The highest BCUT2D eigenvalue weighted by atomic mass is 32.2. The van der Waals surface area contributed by atoms with Gasteiger partial charge in [-0.2, -0.15) is 0 Å². The molecule has 1 unspecified atom stereocenters. The molecular formula is C13H14N2O5S. The lowest BCUT2D eigenvalue weighted by Crippen LogP contribution is -2.26. The molecule has 1 aliphatic rings. The minimum Gasteiger partial charge on any atom is -0.494 e. The van der Waals surface area contributed by atoms with Crippen molar-refractivity contribution >= 4 is 34.2 Å². The Morgan fingerprint density at radius 1 is 1.52 bits per heavy atom. The molecule has 0 saturated carbocycles. The maximum absolute atomic E-state index is 12.1. The van der Waals surface area contributed by atoms with Crippen LogP contribution in [0.15, 0.2) is 18.2 Å². The molecule has 8 heteroatoms. The molecule has 1 fully saturated rings. The van der Waals surface area contributed by atoms with Crippen LogP contribution in [0.1, 0.15) is 13.3 Å². The van der Waals surface area contributed by atoms with Crippen LogP contribution in [0.4, 0.5) is 11.4 Å². The smallest absolute Gasteiger partial charge is 0.296 e. The van der Waals surface area contributed by atoms with E-state index < -0.39 is 4.92 Å². The van der Waals surface area contributed by atoms with Gasteiger partial charge in [0.2, 0.25) is 5.91 Å². The van der Waals surface area contributed by atoms with E-state index in [0.29, 0.717) is 0 Å². The van der Waals surface area contributed by atoms with Crippen LogP contribution in [0.2, 0.25) is 0 Å². The normalized spacial score (nSPS) is 17.9. The quantitative estimate of drug-likeness (QED) is 0.624. The molecule has 1 aromatic rings. The average Bonchev–Trinajstić information content (AvgIpc) is 2.77. The van der Waals surface area contributed by atoms with Gasteiger partial charge in [-0.05, 0) is 6.07 Å². The summed E-state index contributed by atoms with van der Waals surface area (Å²) in [5, 5.41) is 10.9. The monoisotopic (exact) mass is 310 g/mol. The van der Waals surface area contributed by atoms with Crippen molar-refractivity contribution in [3.05, 3.63) is 28.3 Å². The molecule has 21 heavy (non-hydrogen) atoms. The van der Waals surface area contributed by atoms with Crippen LogP contribution in [0.25, 0.3) is 0 Å². The summed E-state index contributed by atoms with van der Waals surface area (Å²) in [6.45, 7) is 1.69. The predicted molar refractivity (Wildman–Crippen MR) is 78.7 cm³/mol. The Hall–Kier alpha value is -2.09. The van der Waals surface area contributed by atoms with Gasteiger partial charge in [0.15, 0.2) is 10.8 Å². The van der Waals surface area contributed by atoms with Crippen LogP contribution < -0.4 is 9.64 Å². The van der Waals surface area contributed by atoms with Crippen LogP contribution >= 0.6 is 11.8 Å². The third-order valence-electron chi connectivity index (χ3n) is 3.09. The standard InChI is InChI=1S/C13H14N2O5S/c1-8(16)21-9-6-12(17)14(7-9)13-10(15(18)19)4-3-5-11(13)20-2/h3-5,9H,6-7H2,1-2H3.